The van der Waals surface area contributed by atoms with Crippen molar-refractivity contribution < 1.29 is 17.5 Å². The highest BCUT2D eigenvalue weighted by Crippen LogP contribution is 2.22. The first-order valence-corrected chi connectivity index (χ1v) is 7.89. The number of hydrogen-bond acceptors (Lipinski definition) is 3. The zero-order valence-corrected chi connectivity index (χ0v) is 12.4. The van der Waals surface area contributed by atoms with Crippen LogP contribution in [0, 0.1) is 5.82 Å². The molecule has 2 aromatic carbocycles. The normalized spacial score (nSPS) is 11.3. The second-order valence-electron chi connectivity index (χ2n) is 4.39. The van der Waals surface area contributed by atoms with Crippen LogP contribution in [0.2, 0.25) is 0 Å². The molecule has 1 N–H and O–H groups in total. The maximum absolute atomic E-state index is 13.5. The Bertz CT molecular complexity index is 716. The third kappa shape index (κ3) is 3.80. The van der Waals surface area contributed by atoms with E-state index in [4.69, 9.17) is 4.74 Å². The number of methoxy groups -OCH3 is 1. The Kier molecular flexibility index (Phi) is 4.93. The van der Waals surface area contributed by atoms with Crippen molar-refractivity contribution in [3.63, 3.8) is 0 Å². The Morgan fingerprint density at radius 2 is 1.76 bits per heavy atom. The summed E-state index contributed by atoms with van der Waals surface area (Å²) in [6.07, 6.45) is 0.279. The third-order valence-corrected chi connectivity index (χ3v) is 4.50. The highest BCUT2D eigenvalue weighted by molar-refractivity contribution is 7.89. The zero-order chi connectivity index (χ0) is 15.3. The predicted molar refractivity (Wildman–Crippen MR) is 78.3 cm³/mol. The molecule has 0 bridgehead atoms. The lowest BCUT2D eigenvalue weighted by Crippen LogP contribution is -2.26. The van der Waals surface area contributed by atoms with Gasteiger partial charge in [0.05, 0.1) is 7.11 Å². The van der Waals surface area contributed by atoms with Gasteiger partial charge >= 0.3 is 0 Å². The van der Waals surface area contributed by atoms with Gasteiger partial charge in [-0.2, -0.15) is 0 Å². The van der Waals surface area contributed by atoms with E-state index in [0.717, 1.165) is 0 Å². The summed E-state index contributed by atoms with van der Waals surface area (Å²) < 4.78 is 45.3. The molecular weight excluding hydrogens is 293 g/mol. The number of sulfonamides is 1. The molecule has 0 aliphatic heterocycles. The predicted octanol–water partition coefficient (Wildman–Crippen LogP) is 2.36. The van der Waals surface area contributed by atoms with Gasteiger partial charge in [0.15, 0.2) is 0 Å². The smallest absolute Gasteiger partial charge is 0.244 e. The topological polar surface area (TPSA) is 55.4 Å². The third-order valence-electron chi connectivity index (χ3n) is 3.00. The molecule has 112 valence electrons. The van der Waals surface area contributed by atoms with Crippen molar-refractivity contribution in [2.75, 3.05) is 13.7 Å². The first-order valence-electron chi connectivity index (χ1n) is 6.40. The summed E-state index contributed by atoms with van der Waals surface area (Å²) in [5.74, 6) is -0.0649. The van der Waals surface area contributed by atoms with Crippen molar-refractivity contribution in [2.45, 2.75) is 11.3 Å². The lowest BCUT2D eigenvalue weighted by Gasteiger charge is -2.10. The Morgan fingerprint density at radius 3 is 2.48 bits per heavy atom. The molecule has 4 nitrogen and oxygen atoms in total. The molecule has 0 atom stereocenters. The van der Waals surface area contributed by atoms with Crippen molar-refractivity contribution in [3.05, 3.63) is 59.9 Å². The van der Waals surface area contributed by atoms with E-state index in [-0.39, 0.29) is 29.4 Å². The van der Waals surface area contributed by atoms with Crippen LogP contribution in [-0.2, 0) is 16.4 Å². The summed E-state index contributed by atoms with van der Waals surface area (Å²) >= 11 is 0. The SMILES string of the molecule is COc1ccccc1S(=O)(=O)NCCc1ccccc1F. The standard InChI is InChI=1S/C15H16FNO3S/c1-20-14-8-4-5-9-15(14)21(18,19)17-11-10-12-6-2-3-7-13(12)16/h2-9,17H,10-11H2,1H3. The van der Waals surface area contributed by atoms with E-state index in [0.29, 0.717) is 5.56 Å². The van der Waals surface area contributed by atoms with Gasteiger partial charge in [-0.1, -0.05) is 30.3 Å². The second kappa shape index (κ2) is 6.69. The van der Waals surface area contributed by atoms with Gasteiger partial charge in [-0.25, -0.2) is 17.5 Å². The summed E-state index contributed by atoms with van der Waals surface area (Å²) in [4.78, 5) is 0.0704. The molecule has 2 aromatic rings. The first kappa shape index (κ1) is 15.5. The summed E-state index contributed by atoms with van der Waals surface area (Å²) in [7, 11) is -2.27. The van der Waals surface area contributed by atoms with Gasteiger partial charge in [0.1, 0.15) is 16.5 Å². The Labute approximate surface area is 123 Å². The minimum atomic E-state index is -3.68. The molecule has 0 saturated carbocycles. The maximum atomic E-state index is 13.5. The van der Waals surface area contributed by atoms with Crippen molar-refractivity contribution in [1.82, 2.24) is 4.72 Å². The molecule has 0 aliphatic rings. The highest BCUT2D eigenvalue weighted by atomic mass is 32.2. The lowest BCUT2D eigenvalue weighted by molar-refractivity contribution is 0.402. The van der Waals surface area contributed by atoms with Crippen LogP contribution in [0.25, 0.3) is 0 Å². The van der Waals surface area contributed by atoms with Gasteiger partial charge in [0.2, 0.25) is 10.0 Å². The van der Waals surface area contributed by atoms with Crippen LogP contribution >= 0.6 is 0 Å². The van der Waals surface area contributed by atoms with Gasteiger partial charge in [-0.3, -0.25) is 0 Å². The first-order chi connectivity index (χ1) is 10.0. The minimum Gasteiger partial charge on any atom is -0.495 e. The molecule has 0 heterocycles. The van der Waals surface area contributed by atoms with Crippen molar-refractivity contribution in [2.24, 2.45) is 0 Å². The Hall–Kier alpha value is -1.92. The average molecular weight is 309 g/mol. The number of halogens is 1. The van der Waals surface area contributed by atoms with Crippen LogP contribution in [0.3, 0.4) is 0 Å². The van der Waals surface area contributed by atoms with Gasteiger partial charge in [-0.05, 0) is 30.2 Å². The van der Waals surface area contributed by atoms with Gasteiger partial charge < -0.3 is 4.74 Å². The van der Waals surface area contributed by atoms with Crippen molar-refractivity contribution in [1.29, 1.82) is 0 Å². The molecule has 0 aromatic heterocycles. The Balaban J connectivity index is 2.07. The van der Waals surface area contributed by atoms with E-state index in [9.17, 15) is 12.8 Å². The monoisotopic (exact) mass is 309 g/mol. The molecule has 0 fully saturated rings. The van der Waals surface area contributed by atoms with Gasteiger partial charge in [-0.15, -0.1) is 0 Å². The van der Waals surface area contributed by atoms with E-state index in [1.807, 2.05) is 0 Å². The molecule has 2 rings (SSSR count). The quantitative estimate of drug-likeness (QED) is 0.891. The second-order valence-corrected chi connectivity index (χ2v) is 6.13. The summed E-state index contributed by atoms with van der Waals surface area (Å²) in [5, 5.41) is 0. The fourth-order valence-corrected chi connectivity index (χ4v) is 3.14. The molecular formula is C15H16FNO3S. The summed E-state index contributed by atoms with van der Waals surface area (Å²) in [5.41, 5.74) is 0.472. The number of benzene rings is 2. The highest BCUT2D eigenvalue weighted by Gasteiger charge is 2.18. The molecule has 21 heavy (non-hydrogen) atoms. The van der Waals surface area contributed by atoms with Gasteiger partial charge in [0.25, 0.3) is 0 Å². The molecule has 0 amide bonds. The van der Waals surface area contributed by atoms with Gasteiger partial charge in [0, 0.05) is 6.54 Å². The van der Waals surface area contributed by atoms with Crippen LogP contribution in [-0.4, -0.2) is 22.1 Å². The fourth-order valence-electron chi connectivity index (χ4n) is 1.94. The van der Waals surface area contributed by atoms with Crippen molar-refractivity contribution in [3.8, 4) is 5.75 Å². The summed E-state index contributed by atoms with van der Waals surface area (Å²) in [6.45, 7) is 0.112. The van der Waals surface area contributed by atoms with Crippen molar-refractivity contribution >= 4 is 10.0 Å². The molecule has 0 aliphatic carbocycles. The maximum Gasteiger partial charge on any atom is 0.244 e. The van der Waals surface area contributed by atoms with Crippen LogP contribution in [0.5, 0.6) is 5.75 Å². The molecule has 6 heteroatoms. The molecule has 0 unspecified atom stereocenters. The minimum absolute atomic E-state index is 0.0704. The molecule has 0 saturated heterocycles. The number of ether oxygens (including phenoxy) is 1. The number of para-hydroxylation sites is 1. The van der Waals surface area contributed by atoms with Crippen LogP contribution in [0.15, 0.2) is 53.4 Å². The number of nitrogens with one attached hydrogen (secondary N) is 1. The number of hydrogen-bond donors (Lipinski definition) is 1. The van der Waals surface area contributed by atoms with E-state index >= 15 is 0 Å². The van der Waals surface area contributed by atoms with Crippen LogP contribution in [0.4, 0.5) is 4.39 Å². The fraction of sp³-hybridized carbons (Fsp3) is 0.200. The van der Waals surface area contributed by atoms with E-state index in [2.05, 4.69) is 4.72 Å². The molecule has 0 radical (unpaired) electrons. The van der Waals surface area contributed by atoms with Crippen LogP contribution in [0.1, 0.15) is 5.56 Å². The lowest BCUT2D eigenvalue weighted by atomic mass is 10.1. The average Bonchev–Trinajstić information content (AvgIpc) is 2.49. The van der Waals surface area contributed by atoms with E-state index in [1.165, 1.54) is 19.2 Å². The van der Waals surface area contributed by atoms with E-state index < -0.39 is 10.0 Å². The van der Waals surface area contributed by atoms with E-state index in [1.54, 1.807) is 36.4 Å². The zero-order valence-electron chi connectivity index (χ0n) is 11.5. The number of rotatable bonds is 6. The Morgan fingerprint density at radius 1 is 1.10 bits per heavy atom. The largest absolute Gasteiger partial charge is 0.495 e. The summed E-state index contributed by atoms with van der Waals surface area (Å²) in [6, 6.07) is 12.6. The van der Waals surface area contributed by atoms with Crippen LogP contribution < -0.4 is 9.46 Å². The molecule has 0 spiro atoms.